The number of aryl methyl sites for hydroxylation is 2. The molecule has 1 saturated heterocycles. The van der Waals surface area contributed by atoms with Crippen LogP contribution < -0.4 is 4.90 Å². The quantitative estimate of drug-likeness (QED) is 0.442. The molecule has 1 amide bonds. The Morgan fingerprint density at radius 3 is 2.84 bits per heavy atom. The molecule has 2 aromatic heterocycles. The highest BCUT2D eigenvalue weighted by molar-refractivity contribution is 5.77. The standard InChI is InChI=1S/C30H38N6O2/c1-4-5-23-9-13-35(28-7-6-24(16-26(23)28)25-17-31-33(3)18-25)30-27-19-34(21(2)37)12-10-29(27)36(32-30)14-8-22-11-15-38-20-22/h4-7,16-18,22-23H,8-15,19-20H2,1-3H3/b5-4+/t22-,23?/m0/s1. The molecule has 8 heteroatoms. The highest BCUT2D eigenvalue weighted by atomic mass is 16.5. The van der Waals surface area contributed by atoms with Crippen molar-refractivity contribution in [2.45, 2.75) is 58.5 Å². The Morgan fingerprint density at radius 2 is 2.11 bits per heavy atom. The van der Waals surface area contributed by atoms with E-state index in [1.807, 2.05) is 22.8 Å². The van der Waals surface area contributed by atoms with Crippen molar-refractivity contribution in [1.29, 1.82) is 0 Å². The summed E-state index contributed by atoms with van der Waals surface area (Å²) in [4.78, 5) is 16.7. The summed E-state index contributed by atoms with van der Waals surface area (Å²) in [6, 6.07) is 6.78. The number of ether oxygens (including phenoxy) is 1. The van der Waals surface area contributed by atoms with E-state index in [1.54, 1.807) is 6.92 Å². The lowest BCUT2D eigenvalue weighted by atomic mass is 9.87. The third-order valence-electron chi connectivity index (χ3n) is 8.43. The van der Waals surface area contributed by atoms with Crippen LogP contribution in [-0.2, 0) is 36.1 Å². The van der Waals surface area contributed by atoms with Crippen molar-refractivity contribution in [2.24, 2.45) is 13.0 Å². The van der Waals surface area contributed by atoms with E-state index in [-0.39, 0.29) is 5.91 Å². The number of benzene rings is 1. The molecule has 38 heavy (non-hydrogen) atoms. The number of fused-ring (bicyclic) bond motifs is 2. The minimum atomic E-state index is 0.130. The normalized spacial score (nSPS) is 21.2. The molecule has 0 saturated carbocycles. The van der Waals surface area contributed by atoms with Gasteiger partial charge in [-0.1, -0.05) is 18.2 Å². The number of anilines is 2. The molecular formula is C30H38N6O2. The Balaban J connectivity index is 1.40. The van der Waals surface area contributed by atoms with Gasteiger partial charge in [-0.3, -0.25) is 14.2 Å². The monoisotopic (exact) mass is 514 g/mol. The Kier molecular flexibility index (Phi) is 6.82. The summed E-state index contributed by atoms with van der Waals surface area (Å²) in [6.45, 7) is 8.69. The first-order valence-corrected chi connectivity index (χ1v) is 14.0. The molecule has 1 aromatic carbocycles. The predicted molar refractivity (Wildman–Crippen MR) is 148 cm³/mol. The van der Waals surface area contributed by atoms with Crippen molar-refractivity contribution in [2.75, 3.05) is 31.2 Å². The second-order valence-corrected chi connectivity index (χ2v) is 10.9. The SMILES string of the molecule is C/C=C/C1CCN(c2nn(CC[C@H]3CCOC3)c3c2CN(C(C)=O)CC3)c2ccc(-c3cnn(C)c3)cc21. The van der Waals surface area contributed by atoms with E-state index in [4.69, 9.17) is 9.84 Å². The number of carbonyl (C=O) groups excluding carboxylic acids is 1. The largest absolute Gasteiger partial charge is 0.381 e. The second kappa shape index (κ2) is 10.4. The van der Waals surface area contributed by atoms with E-state index in [0.29, 0.717) is 18.4 Å². The van der Waals surface area contributed by atoms with Crippen LogP contribution in [0.2, 0.25) is 0 Å². The summed E-state index contributed by atoms with van der Waals surface area (Å²) in [5.74, 6) is 2.12. The van der Waals surface area contributed by atoms with Gasteiger partial charge in [-0.25, -0.2) is 0 Å². The number of hydrogen-bond acceptors (Lipinski definition) is 5. The van der Waals surface area contributed by atoms with Gasteiger partial charge < -0.3 is 14.5 Å². The molecule has 0 aliphatic carbocycles. The van der Waals surface area contributed by atoms with Gasteiger partial charge in [0.1, 0.15) is 0 Å². The Labute approximate surface area is 224 Å². The van der Waals surface area contributed by atoms with Crippen LogP contribution in [0.3, 0.4) is 0 Å². The number of amides is 1. The molecule has 1 unspecified atom stereocenters. The Bertz CT molecular complexity index is 1350. The summed E-state index contributed by atoms with van der Waals surface area (Å²) in [5.41, 5.74) is 7.34. The van der Waals surface area contributed by atoms with Gasteiger partial charge >= 0.3 is 0 Å². The topological polar surface area (TPSA) is 68.4 Å². The third kappa shape index (κ3) is 4.66. The van der Waals surface area contributed by atoms with Crippen LogP contribution in [0, 0.1) is 5.92 Å². The van der Waals surface area contributed by atoms with Crippen LogP contribution in [-0.4, -0.2) is 56.7 Å². The predicted octanol–water partition coefficient (Wildman–Crippen LogP) is 4.82. The van der Waals surface area contributed by atoms with E-state index in [2.05, 4.69) is 58.2 Å². The first kappa shape index (κ1) is 24.9. The number of carbonyl (C=O) groups is 1. The first-order chi connectivity index (χ1) is 18.5. The molecule has 6 rings (SSSR count). The molecule has 0 bridgehead atoms. The number of rotatable bonds is 6. The lowest BCUT2D eigenvalue weighted by molar-refractivity contribution is -0.129. The Hall–Kier alpha value is -3.39. The molecule has 3 aromatic rings. The van der Waals surface area contributed by atoms with Crippen molar-refractivity contribution in [3.63, 3.8) is 0 Å². The van der Waals surface area contributed by atoms with Gasteiger partial charge in [0.2, 0.25) is 5.91 Å². The fourth-order valence-corrected chi connectivity index (χ4v) is 6.30. The molecule has 0 radical (unpaired) electrons. The number of allylic oxidation sites excluding steroid dienone is 2. The Morgan fingerprint density at radius 1 is 1.21 bits per heavy atom. The zero-order valence-electron chi connectivity index (χ0n) is 22.8. The van der Waals surface area contributed by atoms with Gasteiger partial charge in [0.25, 0.3) is 0 Å². The van der Waals surface area contributed by atoms with Gasteiger partial charge in [-0.2, -0.15) is 10.2 Å². The van der Waals surface area contributed by atoms with Crippen LogP contribution in [0.15, 0.2) is 42.7 Å². The highest BCUT2D eigenvalue weighted by Crippen LogP contribution is 2.43. The summed E-state index contributed by atoms with van der Waals surface area (Å²) >= 11 is 0. The zero-order valence-corrected chi connectivity index (χ0v) is 22.8. The van der Waals surface area contributed by atoms with Crippen molar-refractivity contribution in [3.8, 4) is 11.1 Å². The molecule has 3 aliphatic heterocycles. The number of hydrogen-bond donors (Lipinski definition) is 0. The molecule has 2 atom stereocenters. The molecule has 5 heterocycles. The minimum absolute atomic E-state index is 0.130. The second-order valence-electron chi connectivity index (χ2n) is 10.9. The summed E-state index contributed by atoms with van der Waals surface area (Å²) in [5, 5.41) is 9.64. The number of aromatic nitrogens is 4. The molecule has 200 valence electrons. The van der Waals surface area contributed by atoms with Gasteiger partial charge in [-0.05, 0) is 55.4 Å². The van der Waals surface area contributed by atoms with E-state index in [1.165, 1.54) is 28.1 Å². The average molecular weight is 515 g/mol. The molecule has 0 N–H and O–H groups in total. The van der Waals surface area contributed by atoms with Crippen molar-refractivity contribution in [3.05, 3.63) is 59.6 Å². The maximum atomic E-state index is 12.3. The van der Waals surface area contributed by atoms with Gasteiger partial charge in [0.05, 0.1) is 12.7 Å². The van der Waals surface area contributed by atoms with E-state index in [0.717, 1.165) is 69.9 Å². The fraction of sp³-hybridized carbons (Fsp3) is 0.500. The lowest BCUT2D eigenvalue weighted by Gasteiger charge is -2.35. The van der Waals surface area contributed by atoms with Crippen LogP contribution in [0.5, 0.6) is 0 Å². The molecule has 0 spiro atoms. The minimum Gasteiger partial charge on any atom is -0.381 e. The summed E-state index contributed by atoms with van der Waals surface area (Å²) in [7, 11) is 1.95. The van der Waals surface area contributed by atoms with E-state index >= 15 is 0 Å². The fourth-order valence-electron chi connectivity index (χ4n) is 6.30. The van der Waals surface area contributed by atoms with Crippen LogP contribution in [0.25, 0.3) is 11.1 Å². The van der Waals surface area contributed by atoms with Crippen molar-refractivity contribution >= 4 is 17.4 Å². The zero-order chi connectivity index (χ0) is 26.2. The molecular weight excluding hydrogens is 476 g/mol. The number of nitrogens with zero attached hydrogens (tertiary/aromatic N) is 6. The molecule has 1 fully saturated rings. The van der Waals surface area contributed by atoms with Crippen LogP contribution >= 0.6 is 0 Å². The molecule has 3 aliphatic rings. The maximum absolute atomic E-state index is 12.3. The van der Waals surface area contributed by atoms with Gasteiger partial charge in [0, 0.05) is 87.9 Å². The van der Waals surface area contributed by atoms with Gasteiger partial charge in [0.15, 0.2) is 5.82 Å². The van der Waals surface area contributed by atoms with E-state index in [9.17, 15) is 4.79 Å². The highest BCUT2D eigenvalue weighted by Gasteiger charge is 2.33. The molecule has 8 nitrogen and oxygen atoms in total. The summed E-state index contributed by atoms with van der Waals surface area (Å²) in [6.07, 6.45) is 12.6. The van der Waals surface area contributed by atoms with E-state index < -0.39 is 0 Å². The van der Waals surface area contributed by atoms with Crippen molar-refractivity contribution in [1.82, 2.24) is 24.5 Å². The average Bonchev–Trinajstić information content (AvgIpc) is 3.68. The van der Waals surface area contributed by atoms with Crippen LogP contribution in [0.1, 0.15) is 55.8 Å². The third-order valence-corrected chi connectivity index (χ3v) is 8.43. The van der Waals surface area contributed by atoms with Gasteiger partial charge in [-0.15, -0.1) is 0 Å². The van der Waals surface area contributed by atoms with Crippen molar-refractivity contribution < 1.29 is 9.53 Å². The van der Waals surface area contributed by atoms with Crippen LogP contribution in [0.4, 0.5) is 11.5 Å². The lowest BCUT2D eigenvalue weighted by Crippen LogP contribution is -2.35. The maximum Gasteiger partial charge on any atom is 0.219 e. The smallest absolute Gasteiger partial charge is 0.219 e. The first-order valence-electron chi connectivity index (χ1n) is 14.0. The summed E-state index contributed by atoms with van der Waals surface area (Å²) < 4.78 is 9.71.